The molecule has 2 amide bonds. The van der Waals surface area contributed by atoms with Crippen molar-refractivity contribution in [3.63, 3.8) is 0 Å². The van der Waals surface area contributed by atoms with E-state index in [0.717, 1.165) is 38.5 Å². The van der Waals surface area contributed by atoms with Crippen molar-refractivity contribution in [3.8, 4) is 0 Å². The van der Waals surface area contributed by atoms with E-state index in [2.05, 4.69) is 0 Å². The van der Waals surface area contributed by atoms with Gasteiger partial charge < -0.3 is 0 Å². The largest absolute Gasteiger partial charge is 0.279 e. The maximum Gasteiger partial charge on any atom is 0.236 e. The van der Waals surface area contributed by atoms with Gasteiger partial charge in [-0.3, -0.25) is 14.5 Å². The normalized spacial score (nSPS) is 28.5. The summed E-state index contributed by atoms with van der Waals surface area (Å²) in [5.74, 6) is 0.326. The molecule has 0 aromatic heterocycles. The maximum absolute atomic E-state index is 13.0. The zero-order valence-electron chi connectivity index (χ0n) is 13.2. The molecule has 1 spiro atoms. The Balaban J connectivity index is 1.75. The summed E-state index contributed by atoms with van der Waals surface area (Å²) < 4.78 is 0. The Bertz CT molecular complexity index is 388. The summed E-state index contributed by atoms with van der Waals surface area (Å²) >= 11 is 0. The summed E-state index contributed by atoms with van der Waals surface area (Å²) in [6.07, 6.45) is 15.4. The highest BCUT2D eigenvalue weighted by molar-refractivity contribution is 6.06. The molecule has 3 fully saturated rings. The number of hydrogen-bond acceptors (Lipinski definition) is 2. The zero-order chi connectivity index (χ0) is 14.7. The molecule has 0 aromatic carbocycles. The number of hydrogen-bond donors (Lipinski definition) is 0. The second-order valence-corrected chi connectivity index (χ2v) is 7.44. The molecule has 3 aliphatic rings. The summed E-state index contributed by atoms with van der Waals surface area (Å²) in [7, 11) is 0. The number of nitrogens with zero attached hydrogens (tertiary/aromatic N) is 1. The van der Waals surface area contributed by atoms with Gasteiger partial charge >= 0.3 is 0 Å². The van der Waals surface area contributed by atoms with Gasteiger partial charge in [0.15, 0.2) is 0 Å². The van der Waals surface area contributed by atoms with Crippen LogP contribution in [0.25, 0.3) is 0 Å². The third kappa shape index (κ3) is 3.02. The van der Waals surface area contributed by atoms with E-state index in [4.69, 9.17) is 0 Å². The van der Waals surface area contributed by atoms with Gasteiger partial charge in [0.05, 0.1) is 5.41 Å². The molecule has 0 unspecified atom stereocenters. The van der Waals surface area contributed by atoms with E-state index in [-0.39, 0.29) is 23.3 Å². The Labute approximate surface area is 128 Å². The third-order valence-corrected chi connectivity index (χ3v) is 5.93. The highest BCUT2D eigenvalue weighted by atomic mass is 16.2. The minimum absolute atomic E-state index is 0.132. The first-order chi connectivity index (χ1) is 10.2. The first-order valence-corrected chi connectivity index (χ1v) is 9.09. The summed E-state index contributed by atoms with van der Waals surface area (Å²) in [6, 6.07) is 0.202. The van der Waals surface area contributed by atoms with E-state index in [1.807, 2.05) is 0 Å². The number of carbonyl (C=O) groups excluding carboxylic acids is 2. The quantitative estimate of drug-likeness (QED) is 0.679. The minimum Gasteiger partial charge on any atom is -0.279 e. The third-order valence-electron chi connectivity index (χ3n) is 5.93. The van der Waals surface area contributed by atoms with Crippen LogP contribution in [0.1, 0.15) is 89.9 Å². The van der Waals surface area contributed by atoms with Crippen LogP contribution in [-0.2, 0) is 9.59 Å². The van der Waals surface area contributed by atoms with Crippen LogP contribution >= 0.6 is 0 Å². The first kappa shape index (κ1) is 15.1. The zero-order valence-corrected chi connectivity index (χ0v) is 13.2. The van der Waals surface area contributed by atoms with E-state index in [9.17, 15) is 9.59 Å². The van der Waals surface area contributed by atoms with Crippen LogP contribution in [-0.4, -0.2) is 22.8 Å². The lowest BCUT2D eigenvalue weighted by atomic mass is 9.79. The Morgan fingerprint density at radius 3 is 1.90 bits per heavy atom. The monoisotopic (exact) mass is 291 g/mol. The lowest BCUT2D eigenvalue weighted by Gasteiger charge is -2.31. The van der Waals surface area contributed by atoms with E-state index in [1.54, 1.807) is 4.90 Å². The maximum atomic E-state index is 13.0. The number of carbonyl (C=O) groups is 2. The topological polar surface area (TPSA) is 37.4 Å². The van der Waals surface area contributed by atoms with Crippen molar-refractivity contribution >= 4 is 11.8 Å². The summed E-state index contributed by atoms with van der Waals surface area (Å²) in [5.41, 5.74) is -0.310. The van der Waals surface area contributed by atoms with E-state index in [1.165, 1.54) is 44.9 Å². The van der Waals surface area contributed by atoms with Gasteiger partial charge in [-0.05, 0) is 25.7 Å². The molecule has 1 heterocycles. The molecule has 3 rings (SSSR count). The minimum atomic E-state index is -0.310. The van der Waals surface area contributed by atoms with Crippen LogP contribution in [0.15, 0.2) is 0 Å². The summed E-state index contributed by atoms with van der Waals surface area (Å²) in [4.78, 5) is 27.3. The standard InChI is InChI=1S/C18H29NO2/c20-16-14-18(12-8-4-5-9-13-18)17(21)19(16)15-10-6-2-1-3-7-11-15/h15H,1-14H2. The lowest BCUT2D eigenvalue weighted by Crippen LogP contribution is -2.43. The Hall–Kier alpha value is -0.860. The molecule has 2 saturated carbocycles. The van der Waals surface area contributed by atoms with Gasteiger partial charge in [0.2, 0.25) is 11.8 Å². The number of rotatable bonds is 1. The fourth-order valence-corrected chi connectivity index (χ4v) is 4.68. The van der Waals surface area contributed by atoms with Gasteiger partial charge in [0.1, 0.15) is 0 Å². The second-order valence-electron chi connectivity index (χ2n) is 7.44. The number of imide groups is 1. The predicted octanol–water partition coefficient (Wildman–Crippen LogP) is 4.20. The Morgan fingerprint density at radius 2 is 1.29 bits per heavy atom. The lowest BCUT2D eigenvalue weighted by molar-refractivity contribution is -0.145. The molecule has 1 saturated heterocycles. The van der Waals surface area contributed by atoms with Crippen LogP contribution in [0.5, 0.6) is 0 Å². The van der Waals surface area contributed by atoms with Crippen molar-refractivity contribution in [2.24, 2.45) is 5.41 Å². The first-order valence-electron chi connectivity index (χ1n) is 9.09. The van der Waals surface area contributed by atoms with Gasteiger partial charge in [-0.25, -0.2) is 0 Å². The molecule has 0 radical (unpaired) electrons. The summed E-state index contributed by atoms with van der Waals surface area (Å²) in [5, 5.41) is 0. The van der Waals surface area contributed by atoms with Crippen molar-refractivity contribution in [2.45, 2.75) is 95.9 Å². The van der Waals surface area contributed by atoms with Crippen LogP contribution in [0.2, 0.25) is 0 Å². The fourth-order valence-electron chi connectivity index (χ4n) is 4.68. The van der Waals surface area contributed by atoms with Gasteiger partial charge in [-0.1, -0.05) is 57.8 Å². The van der Waals surface area contributed by atoms with Crippen LogP contribution < -0.4 is 0 Å². The SMILES string of the molecule is O=C1CC2(CCCCCC2)C(=O)N1C1CCCCCCC1. The highest BCUT2D eigenvalue weighted by Crippen LogP contribution is 2.45. The van der Waals surface area contributed by atoms with Gasteiger partial charge in [0.25, 0.3) is 0 Å². The number of amides is 2. The van der Waals surface area contributed by atoms with Crippen LogP contribution in [0, 0.1) is 5.41 Å². The molecule has 2 aliphatic carbocycles. The Morgan fingerprint density at radius 1 is 0.762 bits per heavy atom. The van der Waals surface area contributed by atoms with E-state index in [0.29, 0.717) is 6.42 Å². The van der Waals surface area contributed by atoms with E-state index < -0.39 is 0 Å². The molecule has 0 bridgehead atoms. The van der Waals surface area contributed by atoms with Crippen molar-refractivity contribution in [2.75, 3.05) is 0 Å². The highest BCUT2D eigenvalue weighted by Gasteiger charge is 2.52. The molecular weight excluding hydrogens is 262 g/mol. The molecular formula is C18H29NO2. The predicted molar refractivity (Wildman–Crippen MR) is 82.7 cm³/mol. The van der Waals surface area contributed by atoms with Crippen LogP contribution in [0.4, 0.5) is 0 Å². The van der Waals surface area contributed by atoms with Crippen molar-refractivity contribution < 1.29 is 9.59 Å². The molecule has 1 aliphatic heterocycles. The van der Waals surface area contributed by atoms with Crippen molar-refractivity contribution in [1.29, 1.82) is 0 Å². The van der Waals surface area contributed by atoms with Gasteiger partial charge in [0, 0.05) is 12.5 Å². The molecule has 3 nitrogen and oxygen atoms in total. The average Bonchev–Trinajstić information content (AvgIpc) is 2.60. The molecule has 0 atom stereocenters. The smallest absolute Gasteiger partial charge is 0.236 e. The molecule has 118 valence electrons. The summed E-state index contributed by atoms with van der Waals surface area (Å²) in [6.45, 7) is 0. The van der Waals surface area contributed by atoms with Gasteiger partial charge in [-0.15, -0.1) is 0 Å². The Kier molecular flexibility index (Phi) is 4.66. The average molecular weight is 291 g/mol. The van der Waals surface area contributed by atoms with Crippen LogP contribution in [0.3, 0.4) is 0 Å². The molecule has 21 heavy (non-hydrogen) atoms. The fraction of sp³-hybridized carbons (Fsp3) is 0.889. The van der Waals surface area contributed by atoms with E-state index >= 15 is 0 Å². The number of likely N-dealkylation sites (tertiary alicyclic amines) is 1. The van der Waals surface area contributed by atoms with Crippen molar-refractivity contribution in [1.82, 2.24) is 4.90 Å². The molecule has 3 heteroatoms. The van der Waals surface area contributed by atoms with Crippen molar-refractivity contribution in [3.05, 3.63) is 0 Å². The molecule has 0 N–H and O–H groups in total. The van der Waals surface area contributed by atoms with Gasteiger partial charge in [-0.2, -0.15) is 0 Å². The second kappa shape index (κ2) is 6.50. The molecule has 0 aromatic rings.